The minimum atomic E-state index is -0.164. The summed E-state index contributed by atoms with van der Waals surface area (Å²) in [5.41, 5.74) is 5.20. The first-order valence-electron chi connectivity index (χ1n) is 6.46. The van der Waals surface area contributed by atoms with Crippen molar-refractivity contribution in [2.24, 2.45) is 0 Å². The second kappa shape index (κ2) is 6.26. The number of thiazole rings is 1. The van der Waals surface area contributed by atoms with Crippen LogP contribution in [-0.4, -0.2) is 11.5 Å². The van der Waals surface area contributed by atoms with E-state index >= 15 is 0 Å². The van der Waals surface area contributed by atoms with Crippen LogP contribution in [0.5, 0.6) is 0 Å². The smallest absolute Gasteiger partial charge is 0.123 e. The topological polar surface area (TPSA) is 24.9 Å². The van der Waals surface area contributed by atoms with Crippen LogP contribution in [-0.2, 0) is 6.42 Å². The predicted molar refractivity (Wildman–Crippen MR) is 78.1 cm³/mol. The third kappa shape index (κ3) is 3.61. The molecule has 1 unspecified atom stereocenters. The highest BCUT2D eigenvalue weighted by Gasteiger charge is 2.10. The van der Waals surface area contributed by atoms with E-state index in [0.717, 1.165) is 24.2 Å². The molecule has 1 heterocycles. The Morgan fingerprint density at radius 1 is 1.37 bits per heavy atom. The van der Waals surface area contributed by atoms with E-state index in [4.69, 9.17) is 0 Å². The lowest BCUT2D eigenvalue weighted by molar-refractivity contribution is 0.579. The molecule has 0 saturated carbocycles. The largest absolute Gasteiger partial charge is 0.309 e. The highest BCUT2D eigenvalue weighted by Crippen LogP contribution is 2.21. The first-order valence-corrected chi connectivity index (χ1v) is 7.34. The molecule has 0 fully saturated rings. The van der Waals surface area contributed by atoms with Crippen molar-refractivity contribution in [3.63, 3.8) is 0 Å². The maximum Gasteiger partial charge on any atom is 0.123 e. The highest BCUT2D eigenvalue weighted by molar-refractivity contribution is 7.09. The zero-order valence-electron chi connectivity index (χ0n) is 11.5. The molecule has 2 rings (SSSR count). The van der Waals surface area contributed by atoms with Crippen molar-refractivity contribution < 1.29 is 4.39 Å². The van der Waals surface area contributed by atoms with Gasteiger partial charge in [-0.3, -0.25) is 0 Å². The van der Waals surface area contributed by atoms with Gasteiger partial charge in [-0.1, -0.05) is 6.07 Å². The third-order valence-corrected chi connectivity index (χ3v) is 4.44. The lowest BCUT2D eigenvalue weighted by Gasteiger charge is -2.13. The van der Waals surface area contributed by atoms with E-state index in [1.165, 1.54) is 16.5 Å². The fourth-order valence-corrected chi connectivity index (χ4v) is 3.02. The van der Waals surface area contributed by atoms with E-state index in [9.17, 15) is 4.39 Å². The van der Waals surface area contributed by atoms with Gasteiger partial charge in [0.25, 0.3) is 0 Å². The van der Waals surface area contributed by atoms with E-state index in [0.29, 0.717) is 6.04 Å². The SMILES string of the molecule is Cc1cc(F)ccc1CCNC(C)c1scnc1C. The van der Waals surface area contributed by atoms with Gasteiger partial charge in [0.1, 0.15) is 5.82 Å². The Morgan fingerprint density at radius 2 is 2.16 bits per heavy atom. The van der Waals surface area contributed by atoms with Crippen LogP contribution in [0.3, 0.4) is 0 Å². The Bertz CT molecular complexity index is 551. The van der Waals surface area contributed by atoms with Gasteiger partial charge in [-0.2, -0.15) is 0 Å². The highest BCUT2D eigenvalue weighted by atomic mass is 32.1. The maximum atomic E-state index is 13.0. The van der Waals surface area contributed by atoms with Crippen LogP contribution in [0.2, 0.25) is 0 Å². The molecule has 1 aromatic carbocycles. The van der Waals surface area contributed by atoms with Crippen molar-refractivity contribution in [2.75, 3.05) is 6.54 Å². The molecule has 2 aromatic rings. The van der Waals surface area contributed by atoms with Crippen LogP contribution in [0, 0.1) is 19.7 Å². The summed E-state index contributed by atoms with van der Waals surface area (Å²) < 4.78 is 13.0. The molecule has 1 N–H and O–H groups in total. The van der Waals surface area contributed by atoms with Gasteiger partial charge in [0.15, 0.2) is 0 Å². The van der Waals surface area contributed by atoms with Crippen LogP contribution >= 0.6 is 11.3 Å². The van der Waals surface area contributed by atoms with Crippen molar-refractivity contribution >= 4 is 11.3 Å². The van der Waals surface area contributed by atoms with Crippen molar-refractivity contribution in [1.82, 2.24) is 10.3 Å². The lowest BCUT2D eigenvalue weighted by atomic mass is 10.1. The molecule has 2 nitrogen and oxygen atoms in total. The van der Waals surface area contributed by atoms with Crippen molar-refractivity contribution in [3.8, 4) is 0 Å². The quantitative estimate of drug-likeness (QED) is 0.900. The number of hydrogen-bond acceptors (Lipinski definition) is 3. The fraction of sp³-hybridized carbons (Fsp3) is 0.400. The maximum absolute atomic E-state index is 13.0. The molecule has 1 aromatic heterocycles. The summed E-state index contributed by atoms with van der Waals surface area (Å²) in [7, 11) is 0. The summed E-state index contributed by atoms with van der Waals surface area (Å²) in [4.78, 5) is 5.55. The van der Waals surface area contributed by atoms with Crippen LogP contribution in [0.4, 0.5) is 4.39 Å². The molecule has 102 valence electrons. The minimum Gasteiger partial charge on any atom is -0.309 e. The van der Waals surface area contributed by atoms with Crippen molar-refractivity contribution in [1.29, 1.82) is 0 Å². The van der Waals surface area contributed by atoms with E-state index in [1.54, 1.807) is 17.4 Å². The monoisotopic (exact) mass is 278 g/mol. The molecular formula is C15H19FN2S. The van der Waals surface area contributed by atoms with Gasteiger partial charge in [0.2, 0.25) is 0 Å². The van der Waals surface area contributed by atoms with Gasteiger partial charge >= 0.3 is 0 Å². The molecule has 4 heteroatoms. The number of benzene rings is 1. The summed E-state index contributed by atoms with van der Waals surface area (Å²) in [5, 5.41) is 3.49. The average molecular weight is 278 g/mol. The number of aryl methyl sites for hydroxylation is 2. The molecule has 0 amide bonds. The molecule has 0 aliphatic carbocycles. The Morgan fingerprint density at radius 3 is 2.79 bits per heavy atom. The van der Waals surface area contributed by atoms with Gasteiger partial charge in [0.05, 0.1) is 11.2 Å². The van der Waals surface area contributed by atoms with Crippen LogP contribution in [0.1, 0.15) is 34.7 Å². The Hall–Kier alpha value is -1.26. The molecule has 0 aliphatic heterocycles. The number of halogens is 1. The number of aromatic nitrogens is 1. The second-order valence-corrected chi connectivity index (χ2v) is 5.68. The summed E-state index contributed by atoms with van der Waals surface area (Å²) >= 11 is 1.69. The van der Waals surface area contributed by atoms with Crippen molar-refractivity contribution in [3.05, 3.63) is 51.2 Å². The van der Waals surface area contributed by atoms with Gasteiger partial charge in [-0.05, 0) is 57.0 Å². The minimum absolute atomic E-state index is 0.164. The molecule has 1 atom stereocenters. The molecule has 0 aliphatic rings. The summed E-state index contributed by atoms with van der Waals surface area (Å²) in [5.74, 6) is -0.164. The fourth-order valence-electron chi connectivity index (χ4n) is 2.18. The Kier molecular flexibility index (Phi) is 4.66. The number of nitrogens with one attached hydrogen (secondary N) is 1. The standard InChI is InChI=1S/C15H19FN2S/c1-10-8-14(16)5-4-13(10)6-7-17-11(2)15-12(3)18-9-19-15/h4-5,8-9,11,17H,6-7H2,1-3H3. The summed E-state index contributed by atoms with van der Waals surface area (Å²) in [6.07, 6.45) is 0.911. The van der Waals surface area contributed by atoms with Crippen molar-refractivity contribution in [2.45, 2.75) is 33.2 Å². The van der Waals surface area contributed by atoms with E-state index < -0.39 is 0 Å². The molecular weight excluding hydrogens is 259 g/mol. The predicted octanol–water partition coefficient (Wildman–Crippen LogP) is 3.79. The third-order valence-electron chi connectivity index (χ3n) is 3.33. The first kappa shape index (κ1) is 14.2. The van der Waals surface area contributed by atoms with Gasteiger partial charge in [-0.15, -0.1) is 11.3 Å². The van der Waals surface area contributed by atoms with Gasteiger partial charge < -0.3 is 5.32 Å². The van der Waals surface area contributed by atoms with E-state index in [1.807, 2.05) is 25.4 Å². The first-order chi connectivity index (χ1) is 9.08. The van der Waals surface area contributed by atoms with Gasteiger partial charge in [0, 0.05) is 10.9 Å². The lowest BCUT2D eigenvalue weighted by Crippen LogP contribution is -2.21. The molecule has 19 heavy (non-hydrogen) atoms. The molecule has 0 spiro atoms. The number of nitrogens with zero attached hydrogens (tertiary/aromatic N) is 1. The zero-order valence-corrected chi connectivity index (χ0v) is 12.4. The molecule has 0 bridgehead atoms. The van der Waals surface area contributed by atoms with Crippen LogP contribution in [0.25, 0.3) is 0 Å². The van der Waals surface area contributed by atoms with Crippen LogP contribution in [0.15, 0.2) is 23.7 Å². The van der Waals surface area contributed by atoms with E-state index in [2.05, 4.69) is 17.2 Å². The van der Waals surface area contributed by atoms with Crippen LogP contribution < -0.4 is 5.32 Å². The normalized spacial score (nSPS) is 12.6. The summed E-state index contributed by atoms with van der Waals surface area (Å²) in [6, 6.07) is 5.30. The van der Waals surface area contributed by atoms with Gasteiger partial charge in [-0.25, -0.2) is 9.37 Å². The average Bonchev–Trinajstić information content (AvgIpc) is 2.78. The van der Waals surface area contributed by atoms with E-state index in [-0.39, 0.29) is 5.82 Å². The molecule has 0 saturated heterocycles. The number of rotatable bonds is 5. The summed E-state index contributed by atoms with van der Waals surface area (Å²) in [6.45, 7) is 7.02. The zero-order chi connectivity index (χ0) is 13.8. The Labute approximate surface area is 117 Å². The number of hydrogen-bond donors (Lipinski definition) is 1. The molecule has 0 radical (unpaired) electrons. The second-order valence-electron chi connectivity index (χ2n) is 4.80. The Balaban J connectivity index is 1.88.